The van der Waals surface area contributed by atoms with E-state index in [1.807, 2.05) is 0 Å². The number of nitrogens with one attached hydrogen (secondary N) is 1. The van der Waals surface area contributed by atoms with Gasteiger partial charge in [0.15, 0.2) is 0 Å². The third-order valence-corrected chi connectivity index (χ3v) is 4.88. The highest BCUT2D eigenvalue weighted by molar-refractivity contribution is 5.85. The van der Waals surface area contributed by atoms with E-state index < -0.39 is 0 Å². The SMILES string of the molecule is CCCCCCCCCCCCCCCCCCNC(C)CN.Cl.Cl. The Labute approximate surface area is 171 Å². The Hall–Kier alpha value is 0.500. The van der Waals surface area contributed by atoms with E-state index in [-0.39, 0.29) is 24.8 Å². The van der Waals surface area contributed by atoms with E-state index in [9.17, 15) is 0 Å². The third kappa shape index (κ3) is 26.8. The van der Waals surface area contributed by atoms with Crippen LogP contribution in [-0.4, -0.2) is 19.1 Å². The highest BCUT2D eigenvalue weighted by Gasteiger charge is 1.97. The van der Waals surface area contributed by atoms with Gasteiger partial charge in [-0.3, -0.25) is 0 Å². The number of halogens is 2. The summed E-state index contributed by atoms with van der Waals surface area (Å²) in [6.07, 6.45) is 23.0. The van der Waals surface area contributed by atoms with Gasteiger partial charge in [0, 0.05) is 12.6 Å². The van der Waals surface area contributed by atoms with Gasteiger partial charge in [-0.05, 0) is 19.9 Å². The fourth-order valence-corrected chi connectivity index (χ4v) is 3.10. The van der Waals surface area contributed by atoms with Crippen molar-refractivity contribution >= 4 is 24.8 Å². The van der Waals surface area contributed by atoms with Crippen molar-refractivity contribution in [2.45, 2.75) is 123 Å². The molecule has 0 aliphatic heterocycles. The maximum Gasteiger partial charge on any atom is 0.0161 e. The maximum atomic E-state index is 5.58. The minimum atomic E-state index is 0. The summed E-state index contributed by atoms with van der Waals surface area (Å²) in [6, 6.07) is 0.478. The second kappa shape index (κ2) is 26.7. The average molecular weight is 400 g/mol. The van der Waals surface area contributed by atoms with E-state index in [1.54, 1.807) is 0 Å². The second-order valence-corrected chi connectivity index (χ2v) is 7.39. The van der Waals surface area contributed by atoms with Gasteiger partial charge in [0.2, 0.25) is 0 Å². The van der Waals surface area contributed by atoms with Crippen LogP contribution < -0.4 is 11.1 Å². The van der Waals surface area contributed by atoms with Crippen LogP contribution in [0.1, 0.15) is 117 Å². The van der Waals surface area contributed by atoms with Gasteiger partial charge < -0.3 is 11.1 Å². The van der Waals surface area contributed by atoms with Crippen molar-refractivity contribution in [3.8, 4) is 0 Å². The van der Waals surface area contributed by atoms with Crippen LogP contribution >= 0.6 is 24.8 Å². The Morgan fingerprint density at radius 1 is 0.600 bits per heavy atom. The lowest BCUT2D eigenvalue weighted by Gasteiger charge is -2.10. The zero-order chi connectivity index (χ0) is 17.0. The van der Waals surface area contributed by atoms with Crippen molar-refractivity contribution < 1.29 is 0 Å². The molecular weight excluding hydrogens is 351 g/mol. The van der Waals surface area contributed by atoms with Gasteiger partial charge in [0.1, 0.15) is 0 Å². The molecule has 0 aromatic carbocycles. The normalized spacial score (nSPS) is 11.6. The highest BCUT2D eigenvalue weighted by Crippen LogP contribution is 2.13. The minimum Gasteiger partial charge on any atom is -0.329 e. The third-order valence-electron chi connectivity index (χ3n) is 4.88. The predicted molar refractivity (Wildman–Crippen MR) is 121 cm³/mol. The van der Waals surface area contributed by atoms with Crippen molar-refractivity contribution in [2.75, 3.05) is 13.1 Å². The van der Waals surface area contributed by atoms with Crippen molar-refractivity contribution in [3.05, 3.63) is 0 Å². The van der Waals surface area contributed by atoms with Crippen LogP contribution in [0.5, 0.6) is 0 Å². The fourth-order valence-electron chi connectivity index (χ4n) is 3.10. The zero-order valence-corrected chi connectivity index (χ0v) is 18.8. The Bertz CT molecular complexity index is 216. The molecule has 0 aliphatic carbocycles. The fraction of sp³-hybridized carbons (Fsp3) is 1.00. The van der Waals surface area contributed by atoms with Crippen molar-refractivity contribution in [1.82, 2.24) is 5.32 Å². The Morgan fingerprint density at radius 3 is 1.24 bits per heavy atom. The molecule has 1 unspecified atom stereocenters. The summed E-state index contributed by atoms with van der Waals surface area (Å²) in [4.78, 5) is 0. The molecular formula is C21H48Cl2N2. The molecule has 0 aromatic heterocycles. The highest BCUT2D eigenvalue weighted by atomic mass is 35.5. The Morgan fingerprint density at radius 2 is 0.920 bits per heavy atom. The molecule has 4 heteroatoms. The molecule has 0 heterocycles. The monoisotopic (exact) mass is 398 g/mol. The van der Waals surface area contributed by atoms with Crippen LogP contribution in [0.25, 0.3) is 0 Å². The summed E-state index contributed by atoms with van der Waals surface area (Å²) in [5.74, 6) is 0. The smallest absolute Gasteiger partial charge is 0.0161 e. The molecule has 0 amide bonds. The summed E-state index contributed by atoms with van der Waals surface area (Å²) in [6.45, 7) is 6.34. The van der Waals surface area contributed by atoms with Crippen LogP contribution in [-0.2, 0) is 0 Å². The molecule has 1 atom stereocenters. The van der Waals surface area contributed by atoms with E-state index in [4.69, 9.17) is 5.73 Å². The van der Waals surface area contributed by atoms with E-state index in [0.717, 1.165) is 13.1 Å². The lowest BCUT2D eigenvalue weighted by molar-refractivity contribution is 0.507. The van der Waals surface area contributed by atoms with E-state index in [1.165, 1.54) is 103 Å². The molecule has 0 bridgehead atoms. The largest absolute Gasteiger partial charge is 0.329 e. The first-order valence-corrected chi connectivity index (χ1v) is 10.7. The molecule has 2 nitrogen and oxygen atoms in total. The summed E-state index contributed by atoms with van der Waals surface area (Å²) in [7, 11) is 0. The maximum absolute atomic E-state index is 5.58. The van der Waals surface area contributed by atoms with Crippen LogP contribution in [0, 0.1) is 0 Å². The van der Waals surface area contributed by atoms with Crippen molar-refractivity contribution in [3.63, 3.8) is 0 Å². The summed E-state index contributed by atoms with van der Waals surface area (Å²) < 4.78 is 0. The number of rotatable bonds is 19. The molecule has 0 rings (SSSR count). The van der Waals surface area contributed by atoms with Crippen molar-refractivity contribution in [1.29, 1.82) is 0 Å². The zero-order valence-electron chi connectivity index (χ0n) is 17.2. The van der Waals surface area contributed by atoms with Crippen molar-refractivity contribution in [2.24, 2.45) is 5.73 Å². The van der Waals surface area contributed by atoms with Gasteiger partial charge in [-0.1, -0.05) is 103 Å². The summed E-state index contributed by atoms with van der Waals surface area (Å²) in [5.41, 5.74) is 5.58. The lowest BCUT2D eigenvalue weighted by Crippen LogP contribution is -2.33. The van der Waals surface area contributed by atoms with E-state index >= 15 is 0 Å². The van der Waals surface area contributed by atoms with E-state index in [2.05, 4.69) is 19.2 Å². The molecule has 156 valence electrons. The average Bonchev–Trinajstić information content (AvgIpc) is 2.57. The second-order valence-electron chi connectivity index (χ2n) is 7.39. The number of hydrogen-bond acceptors (Lipinski definition) is 2. The first-order valence-electron chi connectivity index (χ1n) is 10.7. The van der Waals surface area contributed by atoms with Crippen LogP contribution in [0.15, 0.2) is 0 Å². The standard InChI is InChI=1S/C21H46N2.2ClH/c1-3-4-5-6-7-8-9-10-11-12-13-14-15-16-17-18-19-23-21(2)20-22;;/h21,23H,3-20,22H2,1-2H3;2*1H. The summed E-state index contributed by atoms with van der Waals surface area (Å²) >= 11 is 0. The molecule has 0 spiro atoms. The number of nitrogens with two attached hydrogens (primary N) is 1. The van der Waals surface area contributed by atoms with Gasteiger partial charge in [-0.25, -0.2) is 0 Å². The quantitative estimate of drug-likeness (QED) is 0.229. The molecule has 0 aromatic rings. The van der Waals surface area contributed by atoms with Gasteiger partial charge in [-0.2, -0.15) is 0 Å². The van der Waals surface area contributed by atoms with Crippen LogP contribution in [0.2, 0.25) is 0 Å². The van der Waals surface area contributed by atoms with Gasteiger partial charge in [0.05, 0.1) is 0 Å². The topological polar surface area (TPSA) is 38.0 Å². The van der Waals surface area contributed by atoms with Crippen LogP contribution in [0.3, 0.4) is 0 Å². The Kier molecular flexibility index (Phi) is 32.3. The molecule has 25 heavy (non-hydrogen) atoms. The minimum absolute atomic E-state index is 0. The number of hydrogen-bond donors (Lipinski definition) is 2. The summed E-state index contributed by atoms with van der Waals surface area (Å²) in [5, 5.41) is 3.46. The first-order chi connectivity index (χ1) is 11.3. The van der Waals surface area contributed by atoms with E-state index in [0.29, 0.717) is 6.04 Å². The van der Waals surface area contributed by atoms with Gasteiger partial charge in [0.25, 0.3) is 0 Å². The van der Waals surface area contributed by atoms with Gasteiger partial charge in [-0.15, -0.1) is 24.8 Å². The first kappa shape index (κ1) is 30.2. The molecule has 0 saturated heterocycles. The predicted octanol–water partition coefficient (Wildman–Crippen LogP) is 7.03. The van der Waals surface area contributed by atoms with Crippen LogP contribution in [0.4, 0.5) is 0 Å². The Balaban J connectivity index is -0.00000242. The molecule has 0 fully saturated rings. The van der Waals surface area contributed by atoms with Gasteiger partial charge >= 0.3 is 0 Å². The molecule has 3 N–H and O–H groups in total. The number of unbranched alkanes of at least 4 members (excludes halogenated alkanes) is 15. The molecule has 0 radical (unpaired) electrons. The lowest BCUT2D eigenvalue weighted by atomic mass is 10.0. The molecule has 0 aliphatic rings. The molecule has 0 saturated carbocycles.